The van der Waals surface area contributed by atoms with Crippen molar-refractivity contribution in [3.05, 3.63) is 64.2 Å². The van der Waals surface area contributed by atoms with Crippen molar-refractivity contribution in [3.8, 4) is 5.75 Å². The van der Waals surface area contributed by atoms with E-state index in [1.54, 1.807) is 25.2 Å². The Balaban J connectivity index is 2.43. The van der Waals surface area contributed by atoms with Crippen LogP contribution in [0.5, 0.6) is 5.75 Å². The summed E-state index contributed by atoms with van der Waals surface area (Å²) in [6, 6.07) is 8.53. The van der Waals surface area contributed by atoms with Gasteiger partial charge in [0.25, 0.3) is 0 Å². The van der Waals surface area contributed by atoms with Crippen LogP contribution in [0.25, 0.3) is 0 Å². The molecule has 0 fully saturated rings. The van der Waals surface area contributed by atoms with Crippen LogP contribution in [0.4, 0.5) is 8.78 Å². The normalized spacial score (nSPS) is 12.2. The molecule has 0 aliphatic carbocycles. The molecule has 2 aromatic rings. The standard InChI is InChI=1S/C15H14ClF2NO/c1-19-15(9-3-6-13(17)12(16)7-9)11-5-4-10(20-2)8-14(11)18/h3-8,15,19H,1-2H3. The highest BCUT2D eigenvalue weighted by Gasteiger charge is 2.17. The number of ether oxygens (including phenoxy) is 1. The summed E-state index contributed by atoms with van der Waals surface area (Å²) >= 11 is 5.77. The summed E-state index contributed by atoms with van der Waals surface area (Å²) in [5, 5.41) is 3.01. The zero-order valence-electron chi connectivity index (χ0n) is 11.1. The lowest BCUT2D eigenvalue weighted by molar-refractivity contribution is 0.410. The molecule has 0 radical (unpaired) electrons. The van der Waals surface area contributed by atoms with Gasteiger partial charge < -0.3 is 10.1 Å². The van der Waals surface area contributed by atoms with Crippen LogP contribution in [0.1, 0.15) is 17.2 Å². The van der Waals surface area contributed by atoms with Crippen molar-refractivity contribution in [3.63, 3.8) is 0 Å². The van der Waals surface area contributed by atoms with E-state index in [1.165, 1.54) is 25.3 Å². The maximum atomic E-state index is 14.1. The van der Waals surface area contributed by atoms with Gasteiger partial charge in [0.2, 0.25) is 0 Å². The molecule has 0 amide bonds. The van der Waals surface area contributed by atoms with Crippen LogP contribution in [0.3, 0.4) is 0 Å². The average Bonchev–Trinajstić information content (AvgIpc) is 2.45. The molecule has 0 saturated carbocycles. The molecule has 2 aromatic carbocycles. The van der Waals surface area contributed by atoms with E-state index in [0.29, 0.717) is 16.9 Å². The first-order chi connectivity index (χ1) is 9.56. The van der Waals surface area contributed by atoms with Gasteiger partial charge in [-0.15, -0.1) is 0 Å². The summed E-state index contributed by atoms with van der Waals surface area (Å²) in [5.74, 6) is -0.456. The topological polar surface area (TPSA) is 21.3 Å². The van der Waals surface area contributed by atoms with Gasteiger partial charge in [-0.1, -0.05) is 23.7 Å². The SMILES string of the molecule is CNC(c1ccc(F)c(Cl)c1)c1ccc(OC)cc1F. The molecule has 1 atom stereocenters. The minimum atomic E-state index is -0.500. The second kappa shape index (κ2) is 6.20. The van der Waals surface area contributed by atoms with Crippen LogP contribution in [-0.4, -0.2) is 14.2 Å². The van der Waals surface area contributed by atoms with Gasteiger partial charge >= 0.3 is 0 Å². The van der Waals surface area contributed by atoms with E-state index in [1.807, 2.05) is 0 Å². The molecule has 1 N–H and O–H groups in total. The van der Waals surface area contributed by atoms with Gasteiger partial charge in [-0.2, -0.15) is 0 Å². The van der Waals surface area contributed by atoms with E-state index in [0.717, 1.165) is 0 Å². The molecule has 106 valence electrons. The fourth-order valence-electron chi connectivity index (χ4n) is 2.06. The van der Waals surface area contributed by atoms with Gasteiger partial charge in [-0.25, -0.2) is 8.78 Å². The Morgan fingerprint density at radius 3 is 2.40 bits per heavy atom. The number of methoxy groups -OCH3 is 1. The molecule has 5 heteroatoms. The Hall–Kier alpha value is -1.65. The molecule has 0 heterocycles. The second-order valence-electron chi connectivity index (χ2n) is 4.28. The lowest BCUT2D eigenvalue weighted by atomic mass is 9.98. The van der Waals surface area contributed by atoms with Crippen molar-refractivity contribution >= 4 is 11.6 Å². The van der Waals surface area contributed by atoms with Crippen LogP contribution in [0, 0.1) is 11.6 Å². The van der Waals surface area contributed by atoms with Gasteiger partial charge in [0, 0.05) is 11.6 Å². The first-order valence-corrected chi connectivity index (χ1v) is 6.40. The predicted octanol–water partition coefficient (Wildman–Crippen LogP) is 3.94. The fourth-order valence-corrected chi connectivity index (χ4v) is 2.25. The molecule has 0 bridgehead atoms. The Morgan fingerprint density at radius 2 is 1.85 bits per heavy atom. The van der Waals surface area contributed by atoms with Crippen LogP contribution < -0.4 is 10.1 Å². The van der Waals surface area contributed by atoms with Crippen LogP contribution in [0.2, 0.25) is 5.02 Å². The van der Waals surface area contributed by atoms with Gasteiger partial charge in [-0.3, -0.25) is 0 Å². The van der Waals surface area contributed by atoms with Crippen LogP contribution in [0.15, 0.2) is 36.4 Å². The van der Waals surface area contributed by atoms with E-state index in [4.69, 9.17) is 16.3 Å². The predicted molar refractivity (Wildman–Crippen MR) is 75.3 cm³/mol. The lowest BCUT2D eigenvalue weighted by Crippen LogP contribution is -2.19. The molecule has 2 rings (SSSR count). The molecular weight excluding hydrogens is 284 g/mol. The third-order valence-electron chi connectivity index (χ3n) is 3.08. The van der Waals surface area contributed by atoms with Crippen molar-refractivity contribution in [2.75, 3.05) is 14.2 Å². The zero-order valence-corrected chi connectivity index (χ0v) is 11.8. The molecule has 0 spiro atoms. The highest BCUT2D eigenvalue weighted by Crippen LogP contribution is 2.29. The Morgan fingerprint density at radius 1 is 1.10 bits per heavy atom. The van der Waals surface area contributed by atoms with Crippen molar-refractivity contribution in [1.29, 1.82) is 0 Å². The third kappa shape index (κ3) is 2.92. The summed E-state index contributed by atoms with van der Waals surface area (Å²) in [7, 11) is 3.18. The van der Waals surface area contributed by atoms with Gasteiger partial charge in [-0.05, 0) is 30.8 Å². The largest absolute Gasteiger partial charge is 0.497 e. The number of benzene rings is 2. The molecule has 0 saturated heterocycles. The highest BCUT2D eigenvalue weighted by molar-refractivity contribution is 6.30. The maximum Gasteiger partial charge on any atom is 0.141 e. The van der Waals surface area contributed by atoms with E-state index in [2.05, 4.69) is 5.32 Å². The van der Waals surface area contributed by atoms with E-state index in [9.17, 15) is 8.78 Å². The summed E-state index contributed by atoms with van der Waals surface area (Å²) in [5.41, 5.74) is 1.12. The summed E-state index contributed by atoms with van der Waals surface area (Å²) in [6.45, 7) is 0. The Labute approximate surface area is 121 Å². The van der Waals surface area contributed by atoms with E-state index >= 15 is 0 Å². The Kier molecular flexibility index (Phi) is 4.57. The maximum absolute atomic E-state index is 14.1. The molecule has 0 aliphatic heterocycles. The number of rotatable bonds is 4. The number of nitrogens with one attached hydrogen (secondary N) is 1. The summed E-state index contributed by atoms with van der Waals surface area (Å²) < 4.78 is 32.3. The van der Waals surface area contributed by atoms with Crippen molar-refractivity contribution in [2.24, 2.45) is 0 Å². The minimum absolute atomic E-state index is 0.0108. The minimum Gasteiger partial charge on any atom is -0.497 e. The van der Waals surface area contributed by atoms with E-state index in [-0.39, 0.29) is 5.02 Å². The smallest absolute Gasteiger partial charge is 0.141 e. The second-order valence-corrected chi connectivity index (χ2v) is 4.69. The molecular formula is C15H14ClF2NO. The number of hydrogen-bond acceptors (Lipinski definition) is 2. The van der Waals surface area contributed by atoms with Gasteiger partial charge in [0.05, 0.1) is 18.2 Å². The van der Waals surface area contributed by atoms with E-state index < -0.39 is 17.7 Å². The zero-order chi connectivity index (χ0) is 14.7. The molecule has 0 aromatic heterocycles. The van der Waals surface area contributed by atoms with Crippen molar-refractivity contribution < 1.29 is 13.5 Å². The average molecular weight is 298 g/mol. The van der Waals surface area contributed by atoms with Crippen LogP contribution >= 0.6 is 11.6 Å². The molecule has 2 nitrogen and oxygen atoms in total. The quantitative estimate of drug-likeness (QED) is 0.923. The first-order valence-electron chi connectivity index (χ1n) is 6.02. The summed E-state index contributed by atoms with van der Waals surface area (Å²) in [4.78, 5) is 0. The monoisotopic (exact) mass is 297 g/mol. The first kappa shape index (κ1) is 14.8. The summed E-state index contributed by atoms with van der Waals surface area (Å²) in [6.07, 6.45) is 0. The molecule has 20 heavy (non-hydrogen) atoms. The third-order valence-corrected chi connectivity index (χ3v) is 3.37. The van der Waals surface area contributed by atoms with Gasteiger partial charge in [0.15, 0.2) is 0 Å². The lowest BCUT2D eigenvalue weighted by Gasteiger charge is -2.18. The molecule has 0 aliphatic rings. The van der Waals surface area contributed by atoms with Crippen molar-refractivity contribution in [2.45, 2.75) is 6.04 Å². The van der Waals surface area contributed by atoms with Crippen LogP contribution in [-0.2, 0) is 0 Å². The van der Waals surface area contributed by atoms with Gasteiger partial charge in [0.1, 0.15) is 17.4 Å². The number of halogens is 3. The number of hydrogen-bond donors (Lipinski definition) is 1. The van der Waals surface area contributed by atoms with Crippen molar-refractivity contribution in [1.82, 2.24) is 5.32 Å². The fraction of sp³-hybridized carbons (Fsp3) is 0.200. The Bertz CT molecular complexity index is 619. The molecule has 1 unspecified atom stereocenters. The highest BCUT2D eigenvalue weighted by atomic mass is 35.5.